The van der Waals surface area contributed by atoms with E-state index in [9.17, 15) is 4.79 Å². The number of rotatable bonds is 4. The Morgan fingerprint density at radius 2 is 2.00 bits per heavy atom. The Hall–Kier alpha value is -1.71. The summed E-state index contributed by atoms with van der Waals surface area (Å²) in [7, 11) is 0. The van der Waals surface area contributed by atoms with E-state index in [1.165, 1.54) is 5.56 Å². The first-order valence-electron chi connectivity index (χ1n) is 8.24. The van der Waals surface area contributed by atoms with E-state index in [0.717, 1.165) is 30.6 Å². The molecule has 0 bridgehead atoms. The average molecular weight is 304 g/mol. The fraction of sp³-hybridized carbons (Fsp3) is 0.611. The zero-order chi connectivity index (χ0) is 16.3. The predicted molar refractivity (Wildman–Crippen MR) is 91.7 cm³/mol. The zero-order valence-corrected chi connectivity index (χ0v) is 14.4. The minimum Gasteiger partial charge on any atom is -0.443 e. The molecule has 0 aromatic heterocycles. The topological polar surface area (TPSA) is 41.6 Å². The van der Waals surface area contributed by atoms with Gasteiger partial charge in [-0.05, 0) is 63.8 Å². The van der Waals surface area contributed by atoms with E-state index in [1.807, 2.05) is 26.8 Å². The molecule has 1 amide bonds. The van der Waals surface area contributed by atoms with Crippen molar-refractivity contribution in [3.8, 4) is 0 Å². The molecule has 1 aromatic rings. The van der Waals surface area contributed by atoms with Gasteiger partial charge in [0, 0.05) is 18.3 Å². The highest BCUT2D eigenvalue weighted by Gasteiger charge is 2.29. The maximum atomic E-state index is 12.3. The number of amides is 1. The second-order valence-electron chi connectivity index (χ2n) is 6.88. The molecule has 0 fully saturated rings. The highest BCUT2D eigenvalue weighted by atomic mass is 16.6. The minimum atomic E-state index is -0.462. The molecule has 0 atom stereocenters. The van der Waals surface area contributed by atoms with Gasteiger partial charge in [0.1, 0.15) is 5.60 Å². The lowest BCUT2D eigenvalue weighted by Gasteiger charge is -2.25. The largest absolute Gasteiger partial charge is 0.443 e. The number of hydrogen-bond acceptors (Lipinski definition) is 3. The molecule has 0 unspecified atom stereocenters. The van der Waals surface area contributed by atoms with Crippen molar-refractivity contribution in [1.29, 1.82) is 0 Å². The molecule has 1 N–H and O–H groups in total. The molecule has 122 valence electrons. The smallest absolute Gasteiger partial charge is 0.414 e. The SMILES string of the molecule is CCC(CC)Nc1ccc2c(c1)CCN2C(=O)OC(C)(C)C. The van der Waals surface area contributed by atoms with Crippen LogP contribution in [0.1, 0.15) is 53.0 Å². The van der Waals surface area contributed by atoms with Crippen LogP contribution in [0, 0.1) is 0 Å². The van der Waals surface area contributed by atoms with Crippen LogP contribution in [0.3, 0.4) is 0 Å². The molecular formula is C18H28N2O2. The summed E-state index contributed by atoms with van der Waals surface area (Å²) in [6.45, 7) is 10.8. The number of benzene rings is 1. The van der Waals surface area contributed by atoms with Crippen LogP contribution >= 0.6 is 0 Å². The number of carbonyl (C=O) groups is 1. The van der Waals surface area contributed by atoms with E-state index < -0.39 is 5.60 Å². The van der Waals surface area contributed by atoms with Crippen molar-refractivity contribution in [3.05, 3.63) is 23.8 Å². The predicted octanol–water partition coefficient (Wildman–Crippen LogP) is 4.58. The van der Waals surface area contributed by atoms with Crippen molar-refractivity contribution in [2.24, 2.45) is 0 Å². The molecule has 1 aliphatic heterocycles. The highest BCUT2D eigenvalue weighted by molar-refractivity contribution is 5.91. The molecule has 0 saturated carbocycles. The number of nitrogens with zero attached hydrogens (tertiary/aromatic N) is 1. The van der Waals surface area contributed by atoms with Gasteiger partial charge in [0.05, 0.1) is 5.69 Å². The van der Waals surface area contributed by atoms with Crippen molar-refractivity contribution in [1.82, 2.24) is 0 Å². The Kier molecular flexibility index (Phi) is 4.99. The minimum absolute atomic E-state index is 0.257. The van der Waals surface area contributed by atoms with Crippen molar-refractivity contribution >= 4 is 17.5 Å². The Bertz CT molecular complexity index is 530. The normalized spacial score (nSPS) is 14.2. The second-order valence-corrected chi connectivity index (χ2v) is 6.88. The molecule has 2 rings (SSSR count). The lowest BCUT2D eigenvalue weighted by atomic mass is 10.1. The van der Waals surface area contributed by atoms with Crippen LogP contribution in [0.5, 0.6) is 0 Å². The summed E-state index contributed by atoms with van der Waals surface area (Å²) in [6, 6.07) is 6.75. The third-order valence-electron chi connectivity index (χ3n) is 3.95. The molecule has 0 radical (unpaired) electrons. The summed E-state index contributed by atoms with van der Waals surface area (Å²) < 4.78 is 5.48. The van der Waals surface area contributed by atoms with Gasteiger partial charge < -0.3 is 10.1 Å². The van der Waals surface area contributed by atoms with Crippen LogP contribution in [0.4, 0.5) is 16.2 Å². The maximum absolute atomic E-state index is 12.3. The van der Waals surface area contributed by atoms with Gasteiger partial charge in [-0.1, -0.05) is 13.8 Å². The number of fused-ring (bicyclic) bond motifs is 1. The summed E-state index contributed by atoms with van der Waals surface area (Å²) in [4.78, 5) is 14.0. The molecule has 4 nitrogen and oxygen atoms in total. The second kappa shape index (κ2) is 6.59. The fourth-order valence-electron chi connectivity index (χ4n) is 2.73. The third kappa shape index (κ3) is 3.93. The lowest BCUT2D eigenvalue weighted by Crippen LogP contribution is -2.35. The van der Waals surface area contributed by atoms with Crippen LogP contribution in [0.15, 0.2) is 18.2 Å². The highest BCUT2D eigenvalue weighted by Crippen LogP contribution is 2.32. The molecule has 1 heterocycles. The van der Waals surface area contributed by atoms with E-state index >= 15 is 0 Å². The molecule has 0 saturated heterocycles. The standard InChI is InChI=1S/C18H28N2O2/c1-6-14(7-2)19-15-8-9-16-13(12-15)10-11-20(16)17(21)22-18(3,4)5/h8-9,12,14,19H,6-7,10-11H2,1-5H3. The van der Waals surface area contributed by atoms with Crippen LogP contribution in [-0.2, 0) is 11.2 Å². The van der Waals surface area contributed by atoms with Gasteiger partial charge in [0.2, 0.25) is 0 Å². The number of nitrogens with one attached hydrogen (secondary N) is 1. The van der Waals surface area contributed by atoms with Crippen molar-refractivity contribution in [3.63, 3.8) is 0 Å². The fourth-order valence-corrected chi connectivity index (χ4v) is 2.73. The third-order valence-corrected chi connectivity index (χ3v) is 3.95. The Labute approximate surface area is 133 Å². The maximum Gasteiger partial charge on any atom is 0.414 e. The van der Waals surface area contributed by atoms with Gasteiger partial charge in [-0.3, -0.25) is 4.90 Å². The van der Waals surface area contributed by atoms with Crippen LogP contribution in [0.25, 0.3) is 0 Å². The first-order chi connectivity index (χ1) is 10.3. The Morgan fingerprint density at radius 1 is 1.32 bits per heavy atom. The van der Waals surface area contributed by atoms with E-state index in [0.29, 0.717) is 12.6 Å². The number of hydrogen-bond donors (Lipinski definition) is 1. The molecule has 0 aliphatic carbocycles. The first-order valence-corrected chi connectivity index (χ1v) is 8.24. The van der Waals surface area contributed by atoms with Gasteiger partial charge >= 0.3 is 6.09 Å². The van der Waals surface area contributed by atoms with E-state index in [-0.39, 0.29) is 6.09 Å². The van der Waals surface area contributed by atoms with Crippen molar-refractivity contribution < 1.29 is 9.53 Å². The number of anilines is 2. The summed E-state index contributed by atoms with van der Waals surface area (Å²) in [5.74, 6) is 0. The van der Waals surface area contributed by atoms with Crippen molar-refractivity contribution in [2.45, 2.75) is 65.5 Å². The average Bonchev–Trinajstić information content (AvgIpc) is 2.86. The summed E-state index contributed by atoms with van der Waals surface area (Å²) in [6.07, 6.45) is 2.84. The van der Waals surface area contributed by atoms with Crippen LogP contribution in [-0.4, -0.2) is 24.3 Å². The van der Waals surface area contributed by atoms with E-state index in [4.69, 9.17) is 4.74 Å². The Balaban J connectivity index is 2.12. The van der Waals surface area contributed by atoms with Crippen molar-refractivity contribution in [2.75, 3.05) is 16.8 Å². The van der Waals surface area contributed by atoms with Gasteiger partial charge in [-0.2, -0.15) is 0 Å². The molecule has 22 heavy (non-hydrogen) atoms. The van der Waals surface area contributed by atoms with E-state index in [1.54, 1.807) is 4.90 Å². The number of ether oxygens (including phenoxy) is 1. The molecular weight excluding hydrogens is 276 g/mol. The quantitative estimate of drug-likeness (QED) is 0.885. The monoisotopic (exact) mass is 304 g/mol. The summed E-state index contributed by atoms with van der Waals surface area (Å²) in [5.41, 5.74) is 2.86. The van der Waals surface area contributed by atoms with E-state index in [2.05, 4.69) is 31.3 Å². The molecule has 4 heteroatoms. The summed E-state index contributed by atoms with van der Waals surface area (Å²) >= 11 is 0. The Morgan fingerprint density at radius 3 is 2.59 bits per heavy atom. The van der Waals surface area contributed by atoms with Gasteiger partial charge in [0.25, 0.3) is 0 Å². The molecule has 0 spiro atoms. The zero-order valence-electron chi connectivity index (χ0n) is 14.4. The molecule has 1 aromatic carbocycles. The summed E-state index contributed by atoms with van der Waals surface area (Å²) in [5, 5.41) is 3.56. The van der Waals surface area contributed by atoms with Gasteiger partial charge in [-0.15, -0.1) is 0 Å². The first kappa shape index (κ1) is 16.7. The van der Waals surface area contributed by atoms with Gasteiger partial charge in [0.15, 0.2) is 0 Å². The number of carbonyl (C=O) groups excluding carboxylic acids is 1. The van der Waals surface area contributed by atoms with Crippen LogP contribution < -0.4 is 10.2 Å². The van der Waals surface area contributed by atoms with Gasteiger partial charge in [-0.25, -0.2) is 4.79 Å². The molecule has 1 aliphatic rings. The lowest BCUT2D eigenvalue weighted by molar-refractivity contribution is 0.0584. The van der Waals surface area contributed by atoms with Crippen LogP contribution in [0.2, 0.25) is 0 Å².